The van der Waals surface area contributed by atoms with E-state index >= 15 is 0 Å². The van der Waals surface area contributed by atoms with Crippen LogP contribution in [0.1, 0.15) is 11.1 Å². The molecule has 0 fully saturated rings. The zero-order valence-corrected chi connectivity index (χ0v) is 13.9. The van der Waals surface area contributed by atoms with Crippen LogP contribution in [0.3, 0.4) is 0 Å². The molecule has 0 saturated heterocycles. The summed E-state index contributed by atoms with van der Waals surface area (Å²) in [6.07, 6.45) is 0.818. The number of amides is 2. The molecule has 0 aromatic heterocycles. The maximum absolute atomic E-state index is 11.9. The second kappa shape index (κ2) is 9.16. The van der Waals surface area contributed by atoms with Crippen LogP contribution >= 0.6 is 0 Å². The van der Waals surface area contributed by atoms with Crippen molar-refractivity contribution in [1.82, 2.24) is 10.6 Å². The van der Waals surface area contributed by atoms with Crippen LogP contribution in [0.4, 0.5) is 4.79 Å². The molecule has 0 aliphatic rings. The van der Waals surface area contributed by atoms with Gasteiger partial charge in [-0.1, -0.05) is 12.1 Å². The lowest BCUT2D eigenvalue weighted by atomic mass is 10.1. The fourth-order valence-electron chi connectivity index (χ4n) is 2.24. The Kier molecular flexibility index (Phi) is 6.67. The number of phenolic OH excluding ortho intramolecular Hbond substituents is 3. The van der Waals surface area contributed by atoms with Gasteiger partial charge in [-0.3, -0.25) is 4.79 Å². The molecule has 138 valence electrons. The van der Waals surface area contributed by atoms with E-state index in [1.54, 1.807) is 12.1 Å². The minimum Gasteiger partial charge on any atom is -0.504 e. The van der Waals surface area contributed by atoms with E-state index in [0.29, 0.717) is 25.8 Å². The minimum atomic E-state index is -0.730. The molecule has 0 bridgehead atoms. The first-order valence-electron chi connectivity index (χ1n) is 7.95. The largest absolute Gasteiger partial charge is 0.504 e. The second-order valence-electron chi connectivity index (χ2n) is 5.51. The fraction of sp³-hybridized carbons (Fsp3) is 0.222. The number of hydrogen-bond acceptors (Lipinski definition) is 6. The molecule has 2 aromatic carbocycles. The van der Waals surface area contributed by atoms with E-state index in [4.69, 9.17) is 4.74 Å². The maximum Gasteiger partial charge on any atom is 0.412 e. The van der Waals surface area contributed by atoms with E-state index in [9.17, 15) is 24.9 Å². The number of phenols is 3. The first-order valence-corrected chi connectivity index (χ1v) is 7.95. The number of rotatable bonds is 8. The molecule has 2 aromatic rings. The zero-order valence-electron chi connectivity index (χ0n) is 13.9. The standard InChI is InChI=1S/C18H20N2O6/c21-11-19-7-5-13-2-4-15(23)17(10-13)26-18(25)20-8-6-12-1-3-14(22)16(24)9-12/h1-4,9-11,22-24H,5-8H2,(H,19,21)(H,20,25). The summed E-state index contributed by atoms with van der Waals surface area (Å²) < 4.78 is 5.09. The minimum absolute atomic E-state index is 0.0216. The van der Waals surface area contributed by atoms with Gasteiger partial charge >= 0.3 is 6.09 Å². The molecule has 5 N–H and O–H groups in total. The second-order valence-corrected chi connectivity index (χ2v) is 5.51. The Morgan fingerprint density at radius 2 is 1.58 bits per heavy atom. The van der Waals surface area contributed by atoms with Gasteiger partial charge in [-0.25, -0.2) is 4.79 Å². The van der Waals surface area contributed by atoms with Crippen molar-refractivity contribution in [2.75, 3.05) is 13.1 Å². The van der Waals surface area contributed by atoms with Crippen LogP contribution in [0.15, 0.2) is 36.4 Å². The summed E-state index contributed by atoms with van der Waals surface area (Å²) in [7, 11) is 0. The molecule has 2 amide bonds. The van der Waals surface area contributed by atoms with Gasteiger partial charge in [-0.15, -0.1) is 0 Å². The smallest absolute Gasteiger partial charge is 0.412 e. The van der Waals surface area contributed by atoms with E-state index < -0.39 is 6.09 Å². The third kappa shape index (κ3) is 5.59. The van der Waals surface area contributed by atoms with Crippen LogP contribution in [0.2, 0.25) is 0 Å². The predicted octanol–water partition coefficient (Wildman–Crippen LogP) is 1.42. The number of ether oxygens (including phenoxy) is 1. The van der Waals surface area contributed by atoms with Gasteiger partial charge in [-0.05, 0) is 48.2 Å². The molecule has 0 unspecified atom stereocenters. The molecule has 0 saturated carbocycles. The monoisotopic (exact) mass is 360 g/mol. The molecule has 0 aliphatic heterocycles. The third-order valence-corrected chi connectivity index (χ3v) is 3.59. The molecule has 0 heterocycles. The van der Waals surface area contributed by atoms with Crippen molar-refractivity contribution in [1.29, 1.82) is 0 Å². The third-order valence-electron chi connectivity index (χ3n) is 3.59. The van der Waals surface area contributed by atoms with Gasteiger partial charge in [0.25, 0.3) is 0 Å². The first-order chi connectivity index (χ1) is 12.5. The molecule has 0 spiro atoms. The number of aromatic hydroxyl groups is 3. The summed E-state index contributed by atoms with van der Waals surface area (Å²) in [5.41, 5.74) is 1.52. The summed E-state index contributed by atoms with van der Waals surface area (Å²) in [4.78, 5) is 22.1. The molecular weight excluding hydrogens is 340 g/mol. The summed E-state index contributed by atoms with van der Waals surface area (Å²) in [5.74, 6) is -0.584. The van der Waals surface area contributed by atoms with E-state index in [0.717, 1.165) is 11.1 Å². The summed E-state index contributed by atoms with van der Waals surface area (Å²) >= 11 is 0. The van der Waals surface area contributed by atoms with Crippen molar-refractivity contribution < 1.29 is 29.6 Å². The Morgan fingerprint density at radius 1 is 0.923 bits per heavy atom. The van der Waals surface area contributed by atoms with Crippen molar-refractivity contribution in [2.45, 2.75) is 12.8 Å². The Labute approximate surface area is 150 Å². The maximum atomic E-state index is 11.9. The van der Waals surface area contributed by atoms with Crippen molar-refractivity contribution in [2.24, 2.45) is 0 Å². The van der Waals surface area contributed by atoms with Crippen LogP contribution in [-0.2, 0) is 17.6 Å². The average Bonchev–Trinajstić information content (AvgIpc) is 2.61. The first kappa shape index (κ1) is 18.9. The zero-order chi connectivity index (χ0) is 18.9. The summed E-state index contributed by atoms with van der Waals surface area (Å²) in [6, 6.07) is 9.02. The lowest BCUT2D eigenvalue weighted by Gasteiger charge is -2.10. The lowest BCUT2D eigenvalue weighted by molar-refractivity contribution is -0.109. The number of carbonyl (C=O) groups excluding carboxylic acids is 2. The molecule has 26 heavy (non-hydrogen) atoms. The molecule has 8 heteroatoms. The highest BCUT2D eigenvalue weighted by atomic mass is 16.6. The van der Waals surface area contributed by atoms with Crippen molar-refractivity contribution in [3.05, 3.63) is 47.5 Å². The highest BCUT2D eigenvalue weighted by Gasteiger charge is 2.10. The van der Waals surface area contributed by atoms with Crippen LogP contribution in [0.5, 0.6) is 23.0 Å². The van der Waals surface area contributed by atoms with E-state index in [-0.39, 0.29) is 29.5 Å². The molecule has 2 rings (SSSR count). The van der Waals surface area contributed by atoms with Crippen LogP contribution < -0.4 is 15.4 Å². The van der Waals surface area contributed by atoms with Crippen LogP contribution in [-0.4, -0.2) is 40.9 Å². The van der Waals surface area contributed by atoms with Crippen molar-refractivity contribution in [3.63, 3.8) is 0 Å². The van der Waals surface area contributed by atoms with Crippen LogP contribution in [0.25, 0.3) is 0 Å². The average molecular weight is 360 g/mol. The van der Waals surface area contributed by atoms with E-state index in [2.05, 4.69) is 10.6 Å². The Morgan fingerprint density at radius 3 is 2.27 bits per heavy atom. The number of benzene rings is 2. The topological polar surface area (TPSA) is 128 Å². The SMILES string of the molecule is O=CNCCc1ccc(O)c(OC(=O)NCCc2ccc(O)c(O)c2)c1. The molecule has 0 aliphatic carbocycles. The predicted molar refractivity (Wildman–Crippen MR) is 93.4 cm³/mol. The summed E-state index contributed by atoms with van der Waals surface area (Å²) in [5, 5.41) is 33.5. The summed E-state index contributed by atoms with van der Waals surface area (Å²) in [6.45, 7) is 0.673. The number of hydrogen-bond donors (Lipinski definition) is 5. The molecular formula is C18H20N2O6. The van der Waals surface area contributed by atoms with Crippen molar-refractivity contribution in [3.8, 4) is 23.0 Å². The van der Waals surface area contributed by atoms with Gasteiger partial charge < -0.3 is 30.7 Å². The lowest BCUT2D eigenvalue weighted by Crippen LogP contribution is -2.28. The normalized spacial score (nSPS) is 10.2. The van der Waals surface area contributed by atoms with Gasteiger partial charge in [0.2, 0.25) is 6.41 Å². The van der Waals surface area contributed by atoms with Gasteiger partial charge in [0.1, 0.15) is 0 Å². The van der Waals surface area contributed by atoms with Crippen molar-refractivity contribution >= 4 is 12.5 Å². The molecule has 0 radical (unpaired) electrons. The Bertz CT molecular complexity index is 778. The van der Waals surface area contributed by atoms with Crippen LogP contribution in [0, 0.1) is 0 Å². The van der Waals surface area contributed by atoms with Gasteiger partial charge in [0.15, 0.2) is 23.0 Å². The fourth-order valence-corrected chi connectivity index (χ4v) is 2.24. The van der Waals surface area contributed by atoms with E-state index in [1.807, 2.05) is 0 Å². The highest BCUT2D eigenvalue weighted by molar-refractivity contribution is 5.71. The molecule has 0 atom stereocenters. The van der Waals surface area contributed by atoms with E-state index in [1.165, 1.54) is 24.3 Å². The van der Waals surface area contributed by atoms with Gasteiger partial charge in [0, 0.05) is 13.1 Å². The Hall–Kier alpha value is -3.42. The Balaban J connectivity index is 1.85. The number of carbonyl (C=O) groups is 2. The molecule has 8 nitrogen and oxygen atoms in total. The number of nitrogens with one attached hydrogen (secondary N) is 2. The van der Waals surface area contributed by atoms with Gasteiger partial charge in [0.05, 0.1) is 0 Å². The quantitative estimate of drug-likeness (QED) is 0.275. The van der Waals surface area contributed by atoms with Gasteiger partial charge in [-0.2, -0.15) is 0 Å². The highest BCUT2D eigenvalue weighted by Crippen LogP contribution is 2.27.